The predicted octanol–water partition coefficient (Wildman–Crippen LogP) is 3.06. The Morgan fingerprint density at radius 1 is 1.35 bits per heavy atom. The number of aryl methyl sites for hydroxylation is 2. The highest BCUT2D eigenvalue weighted by molar-refractivity contribution is 8.06. The van der Waals surface area contributed by atoms with Crippen LogP contribution >= 0.6 is 23.5 Å². The van der Waals surface area contributed by atoms with Crippen molar-refractivity contribution in [3.63, 3.8) is 0 Å². The average molecular weight is 268 g/mol. The summed E-state index contributed by atoms with van der Waals surface area (Å²) in [4.78, 5) is 0. The van der Waals surface area contributed by atoms with E-state index in [0.29, 0.717) is 5.25 Å². The predicted molar refractivity (Wildman–Crippen MR) is 79.2 cm³/mol. The van der Waals surface area contributed by atoms with E-state index >= 15 is 0 Å². The number of benzene rings is 1. The van der Waals surface area contributed by atoms with Crippen molar-refractivity contribution < 1.29 is 5.11 Å². The molecule has 1 aromatic rings. The van der Waals surface area contributed by atoms with Gasteiger partial charge in [0.05, 0.1) is 6.10 Å². The van der Waals surface area contributed by atoms with Gasteiger partial charge in [0.25, 0.3) is 0 Å². The van der Waals surface area contributed by atoms with Gasteiger partial charge in [-0.1, -0.05) is 23.8 Å². The normalized spacial score (nSPS) is 22.4. The Morgan fingerprint density at radius 2 is 2.18 bits per heavy atom. The lowest BCUT2D eigenvalue weighted by Crippen LogP contribution is -2.30. The minimum Gasteiger partial charge on any atom is -0.392 e. The number of hydrogen-bond donors (Lipinski definition) is 1. The maximum atomic E-state index is 10.3. The van der Waals surface area contributed by atoms with Crippen molar-refractivity contribution in [3.8, 4) is 0 Å². The van der Waals surface area contributed by atoms with Crippen molar-refractivity contribution in [2.75, 3.05) is 17.3 Å². The molecule has 0 spiro atoms. The molecule has 1 saturated heterocycles. The Kier molecular flexibility index (Phi) is 4.83. The van der Waals surface area contributed by atoms with Crippen molar-refractivity contribution >= 4 is 23.5 Å². The van der Waals surface area contributed by atoms with Gasteiger partial charge in [0, 0.05) is 22.5 Å². The van der Waals surface area contributed by atoms with Gasteiger partial charge in [-0.05, 0) is 31.4 Å². The second kappa shape index (κ2) is 6.17. The third-order valence-electron chi connectivity index (χ3n) is 3.20. The van der Waals surface area contributed by atoms with Crippen LogP contribution in [0, 0.1) is 13.8 Å². The lowest BCUT2D eigenvalue weighted by molar-refractivity contribution is 0.177. The zero-order valence-corrected chi connectivity index (χ0v) is 12.1. The van der Waals surface area contributed by atoms with Gasteiger partial charge in [-0.3, -0.25) is 0 Å². The molecule has 0 amide bonds. The Hall–Kier alpha value is -0.120. The van der Waals surface area contributed by atoms with Crippen molar-refractivity contribution in [2.45, 2.75) is 31.6 Å². The number of aliphatic hydroxyl groups excluding tert-OH is 1. The van der Waals surface area contributed by atoms with Crippen LogP contribution in [0.5, 0.6) is 0 Å². The summed E-state index contributed by atoms with van der Waals surface area (Å²) >= 11 is 3.90. The largest absolute Gasteiger partial charge is 0.392 e. The van der Waals surface area contributed by atoms with Gasteiger partial charge in [0.15, 0.2) is 0 Å². The fourth-order valence-electron chi connectivity index (χ4n) is 2.11. The minimum absolute atomic E-state index is 0.201. The van der Waals surface area contributed by atoms with Crippen LogP contribution in [0.25, 0.3) is 0 Å². The van der Waals surface area contributed by atoms with Crippen LogP contribution in [0.4, 0.5) is 0 Å². The molecule has 1 fully saturated rings. The Labute approximate surface area is 112 Å². The molecule has 2 rings (SSSR count). The molecule has 3 heteroatoms. The zero-order chi connectivity index (χ0) is 12.3. The van der Waals surface area contributed by atoms with E-state index in [1.807, 2.05) is 23.5 Å². The van der Waals surface area contributed by atoms with Crippen LogP contribution in [0.15, 0.2) is 18.2 Å². The first-order chi connectivity index (χ1) is 8.16. The highest BCUT2D eigenvalue weighted by Gasteiger charge is 2.23. The fourth-order valence-corrected chi connectivity index (χ4v) is 4.88. The van der Waals surface area contributed by atoms with Crippen LogP contribution in [-0.4, -0.2) is 33.7 Å². The van der Waals surface area contributed by atoms with Gasteiger partial charge in [-0.15, -0.1) is 0 Å². The molecule has 0 radical (unpaired) electrons. The summed E-state index contributed by atoms with van der Waals surface area (Å²) in [5.41, 5.74) is 3.88. The number of aliphatic hydroxyl groups is 1. The highest BCUT2D eigenvalue weighted by atomic mass is 32.2. The fraction of sp³-hybridized carbons (Fsp3) is 0.571. The van der Waals surface area contributed by atoms with E-state index in [1.165, 1.54) is 28.2 Å². The number of rotatable bonds is 3. The van der Waals surface area contributed by atoms with Crippen LogP contribution in [0.3, 0.4) is 0 Å². The third-order valence-corrected chi connectivity index (χ3v) is 6.11. The first-order valence-corrected chi connectivity index (χ1v) is 8.30. The molecule has 2 atom stereocenters. The first kappa shape index (κ1) is 13.3. The van der Waals surface area contributed by atoms with E-state index in [-0.39, 0.29) is 6.10 Å². The van der Waals surface area contributed by atoms with Crippen LogP contribution in [0.2, 0.25) is 0 Å². The van der Waals surface area contributed by atoms with E-state index in [2.05, 4.69) is 32.0 Å². The maximum Gasteiger partial charge on any atom is 0.0707 e. The average Bonchev–Trinajstić information content (AvgIpc) is 2.35. The van der Waals surface area contributed by atoms with Gasteiger partial charge in [-0.25, -0.2) is 0 Å². The van der Waals surface area contributed by atoms with E-state index in [0.717, 1.165) is 12.2 Å². The molecule has 94 valence electrons. The van der Waals surface area contributed by atoms with Gasteiger partial charge in [0.2, 0.25) is 0 Å². The van der Waals surface area contributed by atoms with Crippen LogP contribution in [0.1, 0.15) is 16.7 Å². The molecule has 1 aliphatic heterocycles. The summed E-state index contributed by atoms with van der Waals surface area (Å²) < 4.78 is 0. The molecule has 1 nitrogen and oxygen atoms in total. The lowest BCUT2D eigenvalue weighted by Gasteiger charge is -2.26. The van der Waals surface area contributed by atoms with Gasteiger partial charge < -0.3 is 5.11 Å². The zero-order valence-electron chi connectivity index (χ0n) is 10.5. The van der Waals surface area contributed by atoms with Gasteiger partial charge >= 0.3 is 0 Å². The van der Waals surface area contributed by atoms with Crippen molar-refractivity contribution in [1.29, 1.82) is 0 Å². The molecule has 17 heavy (non-hydrogen) atoms. The van der Waals surface area contributed by atoms with Crippen molar-refractivity contribution in [2.24, 2.45) is 0 Å². The Bertz CT molecular complexity index is 372. The standard InChI is InChI=1S/C14H20OS2/c1-10-3-4-11(2)12(7-10)8-13(15)14-9-16-5-6-17-14/h3-4,7,13-15H,5-6,8-9H2,1-2H3. The molecule has 1 aliphatic rings. The number of hydrogen-bond acceptors (Lipinski definition) is 3. The maximum absolute atomic E-state index is 10.3. The Balaban J connectivity index is 2.01. The summed E-state index contributed by atoms with van der Waals surface area (Å²) in [6.07, 6.45) is 0.597. The molecule has 2 unspecified atom stereocenters. The van der Waals surface area contributed by atoms with Crippen molar-refractivity contribution in [3.05, 3.63) is 34.9 Å². The van der Waals surface area contributed by atoms with Crippen molar-refractivity contribution in [1.82, 2.24) is 0 Å². The molecule has 0 aromatic heterocycles. The summed E-state index contributed by atoms with van der Waals surface area (Å²) in [6, 6.07) is 6.50. The van der Waals surface area contributed by atoms with Crippen LogP contribution in [-0.2, 0) is 6.42 Å². The highest BCUT2D eigenvalue weighted by Crippen LogP contribution is 2.28. The molecular formula is C14H20OS2. The number of thioether (sulfide) groups is 2. The second-order valence-electron chi connectivity index (χ2n) is 4.69. The van der Waals surface area contributed by atoms with E-state index in [1.54, 1.807) is 0 Å². The molecular weight excluding hydrogens is 248 g/mol. The third kappa shape index (κ3) is 3.67. The van der Waals surface area contributed by atoms with Gasteiger partial charge in [0.1, 0.15) is 0 Å². The quantitative estimate of drug-likeness (QED) is 0.910. The second-order valence-corrected chi connectivity index (χ2v) is 7.18. The molecule has 1 heterocycles. The lowest BCUT2D eigenvalue weighted by atomic mass is 9.99. The van der Waals surface area contributed by atoms with E-state index in [9.17, 15) is 5.11 Å². The monoisotopic (exact) mass is 268 g/mol. The van der Waals surface area contributed by atoms with Gasteiger partial charge in [-0.2, -0.15) is 23.5 Å². The molecule has 1 N–H and O–H groups in total. The molecule has 0 bridgehead atoms. The topological polar surface area (TPSA) is 20.2 Å². The summed E-state index contributed by atoms with van der Waals surface area (Å²) in [6.45, 7) is 4.24. The summed E-state index contributed by atoms with van der Waals surface area (Å²) in [5.74, 6) is 3.51. The summed E-state index contributed by atoms with van der Waals surface area (Å²) in [5, 5.41) is 10.7. The Morgan fingerprint density at radius 3 is 2.88 bits per heavy atom. The smallest absolute Gasteiger partial charge is 0.0707 e. The molecule has 1 aromatic carbocycles. The first-order valence-electron chi connectivity index (χ1n) is 6.10. The molecule has 0 saturated carbocycles. The molecule has 0 aliphatic carbocycles. The van der Waals surface area contributed by atoms with Crippen LogP contribution < -0.4 is 0 Å². The van der Waals surface area contributed by atoms with E-state index in [4.69, 9.17) is 0 Å². The SMILES string of the molecule is Cc1ccc(C)c(CC(O)C2CSCCS2)c1. The summed E-state index contributed by atoms with van der Waals surface area (Å²) in [7, 11) is 0. The van der Waals surface area contributed by atoms with E-state index < -0.39 is 0 Å². The minimum atomic E-state index is -0.201.